The van der Waals surface area contributed by atoms with Crippen LogP contribution in [-0.2, 0) is 30.5 Å². The van der Waals surface area contributed by atoms with E-state index in [1.807, 2.05) is 69.3 Å². The molecule has 1 spiro atoms. The summed E-state index contributed by atoms with van der Waals surface area (Å²) in [7, 11) is 0. The average Bonchev–Trinajstić information content (AvgIpc) is 3.57. The van der Waals surface area contributed by atoms with Crippen molar-refractivity contribution in [3.63, 3.8) is 0 Å². The molecule has 4 aliphatic heterocycles. The van der Waals surface area contributed by atoms with E-state index >= 15 is 0 Å². The Kier molecular flexibility index (Phi) is 7.43. The van der Waals surface area contributed by atoms with Gasteiger partial charge in [-0.05, 0) is 43.7 Å². The molecule has 0 aliphatic carbocycles. The van der Waals surface area contributed by atoms with Gasteiger partial charge in [-0.25, -0.2) is 4.68 Å². The summed E-state index contributed by atoms with van der Waals surface area (Å²) in [4.78, 5) is 46.2. The van der Waals surface area contributed by atoms with E-state index in [2.05, 4.69) is 10.3 Å². The van der Waals surface area contributed by atoms with Gasteiger partial charge in [0.15, 0.2) is 0 Å². The Hall–Kier alpha value is -3.57. The molecule has 11 heteroatoms. The Bertz CT molecular complexity index is 1440. The molecule has 1 aromatic heterocycles. The third-order valence-corrected chi connectivity index (χ3v) is 9.23. The zero-order chi connectivity index (χ0) is 29.6. The van der Waals surface area contributed by atoms with Crippen molar-refractivity contribution in [2.45, 2.75) is 76.4 Å². The van der Waals surface area contributed by atoms with Gasteiger partial charge in [0.2, 0.25) is 5.91 Å². The molecule has 42 heavy (non-hydrogen) atoms. The first-order valence-corrected chi connectivity index (χ1v) is 15.0. The number of hydrogen-bond acceptors (Lipinski definition) is 8. The first kappa shape index (κ1) is 28.5. The second kappa shape index (κ2) is 10.9. The van der Waals surface area contributed by atoms with Gasteiger partial charge < -0.3 is 24.4 Å². The van der Waals surface area contributed by atoms with Crippen molar-refractivity contribution in [3.05, 3.63) is 48.6 Å². The van der Waals surface area contributed by atoms with Gasteiger partial charge >= 0.3 is 5.97 Å². The minimum absolute atomic E-state index is 0.112. The topological polar surface area (TPSA) is 127 Å². The summed E-state index contributed by atoms with van der Waals surface area (Å²) in [5.41, 5.74) is -1.03. The molecule has 2 aromatic rings. The van der Waals surface area contributed by atoms with Gasteiger partial charge in [0.05, 0.1) is 30.7 Å². The lowest BCUT2D eigenvalue weighted by Crippen LogP contribution is -2.59. The second-order valence-electron chi connectivity index (χ2n) is 12.2. The molecule has 5 heterocycles. The van der Waals surface area contributed by atoms with Crippen LogP contribution in [0.4, 0.5) is 0 Å². The zero-order valence-corrected chi connectivity index (χ0v) is 24.4. The predicted molar refractivity (Wildman–Crippen MR) is 152 cm³/mol. The number of benzene rings is 1. The number of nitrogens with zero attached hydrogens (tertiary/aromatic N) is 5. The predicted octanol–water partition coefficient (Wildman–Crippen LogP) is 2.45. The summed E-state index contributed by atoms with van der Waals surface area (Å²) < 4.78 is 14.3. The number of carbonyl (C=O) groups is 3. The molecule has 6 rings (SSSR count). The Morgan fingerprint density at radius 1 is 1.10 bits per heavy atom. The SMILES string of the molecule is CC[C@]12/C=C\CCCOC(=O)[C@H]1[C@H]1C(=O)N([C@@H](CO)CC(C)C)C3C(=O)N(Cn4nnc5ccccc54)CC=C[C@@]31O2. The summed E-state index contributed by atoms with van der Waals surface area (Å²) in [6, 6.07) is 5.80. The number of hydrogen-bond donors (Lipinski definition) is 1. The maximum Gasteiger partial charge on any atom is 0.313 e. The Labute approximate surface area is 245 Å². The third kappa shape index (κ3) is 4.36. The van der Waals surface area contributed by atoms with E-state index in [0.29, 0.717) is 31.2 Å². The Morgan fingerprint density at radius 2 is 1.90 bits per heavy atom. The number of esters is 1. The largest absolute Gasteiger partial charge is 0.465 e. The van der Waals surface area contributed by atoms with Crippen LogP contribution in [0.3, 0.4) is 0 Å². The van der Waals surface area contributed by atoms with Crippen LogP contribution in [0, 0.1) is 17.8 Å². The Morgan fingerprint density at radius 3 is 2.67 bits per heavy atom. The van der Waals surface area contributed by atoms with Gasteiger partial charge in [-0.15, -0.1) is 5.10 Å². The average molecular weight is 578 g/mol. The fourth-order valence-corrected chi connectivity index (χ4v) is 7.38. The van der Waals surface area contributed by atoms with E-state index < -0.39 is 41.1 Å². The summed E-state index contributed by atoms with van der Waals surface area (Å²) >= 11 is 0. The van der Waals surface area contributed by atoms with E-state index in [4.69, 9.17) is 9.47 Å². The molecule has 1 aromatic carbocycles. The fourth-order valence-electron chi connectivity index (χ4n) is 7.38. The molecular formula is C31H39N5O6. The van der Waals surface area contributed by atoms with Gasteiger partial charge in [-0.2, -0.15) is 0 Å². The molecule has 4 aliphatic rings. The van der Waals surface area contributed by atoms with E-state index in [-0.39, 0.29) is 44.2 Å². The van der Waals surface area contributed by atoms with Crippen molar-refractivity contribution in [1.82, 2.24) is 24.8 Å². The van der Waals surface area contributed by atoms with Crippen molar-refractivity contribution < 1.29 is 29.0 Å². The summed E-state index contributed by atoms with van der Waals surface area (Å²) in [6.45, 7) is 6.24. The van der Waals surface area contributed by atoms with Crippen LogP contribution in [0.15, 0.2) is 48.6 Å². The van der Waals surface area contributed by atoms with Crippen molar-refractivity contribution in [2.24, 2.45) is 17.8 Å². The number of aromatic nitrogens is 3. The first-order chi connectivity index (χ1) is 20.3. The highest BCUT2D eigenvalue weighted by Gasteiger charge is 2.75. The standard InChI is InChI=1S/C31H39N5O6/c1-4-30-13-8-5-9-16-41-29(40)25(30)24-27(38)36(21(18-37)17-20(2)3)26-28(39)34(15-10-14-31(24,26)42-30)19-35-23-12-7-6-11-22(23)32-33-35/h6-8,10-14,20-21,24-26,37H,4-5,9,15-19H2,1-3H3/b13-8-/t21-,24+,25-,26?,30+,31+/m1/s1. The number of carbonyl (C=O) groups excluding carboxylic acids is 3. The molecule has 2 fully saturated rings. The number of cyclic esters (lactones) is 1. The highest BCUT2D eigenvalue weighted by atomic mass is 16.6. The van der Waals surface area contributed by atoms with E-state index in [1.165, 1.54) is 4.90 Å². The maximum atomic E-state index is 14.7. The number of aliphatic hydroxyl groups is 1. The molecule has 2 saturated heterocycles. The van der Waals surface area contributed by atoms with Gasteiger partial charge in [-0.1, -0.05) is 62.4 Å². The molecular weight excluding hydrogens is 538 g/mol. The molecule has 1 unspecified atom stereocenters. The summed E-state index contributed by atoms with van der Waals surface area (Å²) in [5, 5.41) is 19.1. The van der Waals surface area contributed by atoms with E-state index in [9.17, 15) is 19.5 Å². The van der Waals surface area contributed by atoms with Crippen LogP contribution >= 0.6 is 0 Å². The first-order valence-electron chi connectivity index (χ1n) is 15.0. The molecule has 1 N–H and O–H groups in total. The normalized spacial score (nSPS) is 32.6. The molecule has 2 amide bonds. The third-order valence-electron chi connectivity index (χ3n) is 9.23. The van der Waals surface area contributed by atoms with Gasteiger partial charge in [0.25, 0.3) is 5.91 Å². The van der Waals surface area contributed by atoms with E-state index in [1.54, 1.807) is 9.58 Å². The number of likely N-dealkylation sites (tertiary alicyclic amines) is 1. The molecule has 0 bridgehead atoms. The lowest BCUT2D eigenvalue weighted by atomic mass is 9.73. The number of fused-ring (bicyclic) bond motifs is 3. The molecule has 0 saturated carbocycles. The number of amides is 2. The van der Waals surface area contributed by atoms with Gasteiger partial charge in [0, 0.05) is 6.54 Å². The summed E-state index contributed by atoms with van der Waals surface area (Å²) in [6.07, 6.45) is 9.87. The number of aliphatic hydroxyl groups excluding tert-OH is 1. The Balaban J connectivity index is 1.47. The minimum Gasteiger partial charge on any atom is -0.465 e. The highest BCUT2D eigenvalue weighted by Crippen LogP contribution is 2.58. The van der Waals surface area contributed by atoms with Crippen LogP contribution in [-0.4, -0.2) is 90.7 Å². The van der Waals surface area contributed by atoms with Crippen LogP contribution in [0.1, 0.15) is 46.5 Å². The number of rotatable bonds is 7. The van der Waals surface area contributed by atoms with Gasteiger partial charge in [-0.3, -0.25) is 14.4 Å². The molecule has 224 valence electrons. The second-order valence-corrected chi connectivity index (χ2v) is 12.2. The number of ether oxygens (including phenoxy) is 2. The monoisotopic (exact) mass is 577 g/mol. The molecule has 11 nitrogen and oxygen atoms in total. The number of para-hydroxylation sites is 1. The smallest absolute Gasteiger partial charge is 0.313 e. The fraction of sp³-hybridized carbons (Fsp3) is 0.581. The summed E-state index contributed by atoms with van der Waals surface area (Å²) in [5.74, 6) is -2.94. The quantitative estimate of drug-likeness (QED) is 0.393. The maximum absolute atomic E-state index is 14.7. The van der Waals surface area contributed by atoms with Crippen molar-refractivity contribution in [3.8, 4) is 0 Å². The van der Waals surface area contributed by atoms with Crippen LogP contribution in [0.25, 0.3) is 11.0 Å². The van der Waals surface area contributed by atoms with Crippen molar-refractivity contribution >= 4 is 28.8 Å². The highest BCUT2D eigenvalue weighted by molar-refractivity contribution is 5.99. The van der Waals surface area contributed by atoms with Gasteiger partial charge in [0.1, 0.15) is 35.3 Å². The van der Waals surface area contributed by atoms with E-state index in [0.717, 1.165) is 5.52 Å². The zero-order valence-electron chi connectivity index (χ0n) is 24.4. The van der Waals surface area contributed by atoms with Crippen LogP contribution in [0.5, 0.6) is 0 Å². The van der Waals surface area contributed by atoms with Crippen molar-refractivity contribution in [1.29, 1.82) is 0 Å². The molecule has 6 atom stereocenters. The van der Waals surface area contributed by atoms with Crippen molar-refractivity contribution in [2.75, 3.05) is 19.8 Å². The minimum atomic E-state index is -1.42. The lowest BCUT2D eigenvalue weighted by molar-refractivity contribution is -0.163. The van der Waals surface area contributed by atoms with Crippen LogP contribution < -0.4 is 0 Å². The molecule has 0 radical (unpaired) electrons. The number of allylic oxidation sites excluding steroid dienone is 1. The van der Waals surface area contributed by atoms with Crippen LogP contribution in [0.2, 0.25) is 0 Å². The lowest BCUT2D eigenvalue weighted by Gasteiger charge is -2.41.